The lowest BCUT2D eigenvalue weighted by Gasteiger charge is -2.31. The summed E-state index contributed by atoms with van der Waals surface area (Å²) < 4.78 is 0. The first kappa shape index (κ1) is 20.9. The Morgan fingerprint density at radius 3 is 2.09 bits per heavy atom. The Labute approximate surface area is 186 Å². The number of para-hydroxylation sites is 1. The molecule has 1 atom stereocenters. The predicted molar refractivity (Wildman–Crippen MR) is 123 cm³/mol. The molecule has 0 bridgehead atoms. The van der Waals surface area contributed by atoms with E-state index in [9.17, 15) is 9.59 Å². The lowest BCUT2D eigenvalue weighted by Crippen LogP contribution is -2.44. The number of rotatable bonds is 7. The van der Waals surface area contributed by atoms with Crippen LogP contribution in [-0.4, -0.2) is 21.8 Å². The van der Waals surface area contributed by atoms with Crippen LogP contribution in [0, 0.1) is 0 Å². The van der Waals surface area contributed by atoms with Crippen molar-refractivity contribution < 1.29 is 9.59 Å². The van der Waals surface area contributed by atoms with Gasteiger partial charge in [0.05, 0.1) is 0 Å². The summed E-state index contributed by atoms with van der Waals surface area (Å²) in [7, 11) is 0. The number of carbonyl (C=O) groups is 2. The van der Waals surface area contributed by atoms with Crippen LogP contribution in [0.4, 0.5) is 5.69 Å². The van der Waals surface area contributed by atoms with Crippen molar-refractivity contribution in [2.24, 2.45) is 0 Å². The molecule has 0 radical (unpaired) electrons. The topological polar surface area (TPSA) is 75.2 Å². The molecule has 0 spiro atoms. The largest absolute Gasteiger partial charge is 0.350 e. The lowest BCUT2D eigenvalue weighted by molar-refractivity contribution is -0.122. The van der Waals surface area contributed by atoms with Gasteiger partial charge in [0.15, 0.2) is 0 Å². The minimum absolute atomic E-state index is 0.256. The molecule has 0 unspecified atom stereocenters. The van der Waals surface area contributed by atoms with Gasteiger partial charge in [-0.3, -0.25) is 24.5 Å². The molecule has 2 heterocycles. The van der Waals surface area contributed by atoms with Gasteiger partial charge in [0, 0.05) is 30.8 Å². The Bertz CT molecular complexity index is 1150. The maximum absolute atomic E-state index is 13.6. The van der Waals surface area contributed by atoms with Crippen molar-refractivity contribution in [2.45, 2.75) is 12.6 Å². The maximum Gasteiger partial charge on any atom is 0.277 e. The monoisotopic (exact) mass is 422 g/mol. The molecule has 158 valence electrons. The molecule has 32 heavy (non-hydrogen) atoms. The first-order chi connectivity index (χ1) is 15.7. The van der Waals surface area contributed by atoms with Crippen LogP contribution in [0.1, 0.15) is 27.7 Å². The van der Waals surface area contributed by atoms with E-state index in [4.69, 9.17) is 0 Å². The summed E-state index contributed by atoms with van der Waals surface area (Å²) in [6.45, 7) is 0.349. The summed E-state index contributed by atoms with van der Waals surface area (Å²) in [4.78, 5) is 36.9. The second-order valence-electron chi connectivity index (χ2n) is 7.11. The molecule has 2 aromatic heterocycles. The highest BCUT2D eigenvalue weighted by Crippen LogP contribution is 2.29. The molecule has 0 aliphatic rings. The molecule has 0 saturated carbocycles. The SMILES string of the molecule is O=C(NCc1ccccc1)[C@@H](c1ccncc1)N(C(=O)c1ccccn1)c1ccccc1. The summed E-state index contributed by atoms with van der Waals surface area (Å²) in [6.07, 6.45) is 4.79. The van der Waals surface area contributed by atoms with Gasteiger partial charge in [-0.15, -0.1) is 0 Å². The molecule has 0 aliphatic carbocycles. The Morgan fingerprint density at radius 2 is 1.44 bits per heavy atom. The van der Waals surface area contributed by atoms with Crippen LogP contribution in [0.25, 0.3) is 0 Å². The molecule has 4 aromatic rings. The van der Waals surface area contributed by atoms with E-state index in [1.54, 1.807) is 61.1 Å². The van der Waals surface area contributed by atoms with Crippen LogP contribution < -0.4 is 10.2 Å². The summed E-state index contributed by atoms with van der Waals surface area (Å²) in [5, 5.41) is 2.98. The highest BCUT2D eigenvalue weighted by molar-refractivity contribution is 6.09. The number of anilines is 1. The molecule has 6 heteroatoms. The van der Waals surface area contributed by atoms with Gasteiger partial charge in [-0.05, 0) is 47.5 Å². The first-order valence-electron chi connectivity index (χ1n) is 10.3. The Balaban J connectivity index is 1.74. The van der Waals surface area contributed by atoms with Crippen LogP contribution in [-0.2, 0) is 11.3 Å². The molecule has 0 aliphatic heterocycles. The number of pyridine rings is 2. The second-order valence-corrected chi connectivity index (χ2v) is 7.11. The number of carbonyl (C=O) groups excluding carboxylic acids is 2. The number of nitrogens with zero attached hydrogens (tertiary/aromatic N) is 3. The minimum Gasteiger partial charge on any atom is -0.350 e. The van der Waals surface area contributed by atoms with E-state index in [1.165, 1.54) is 4.90 Å². The Hall–Kier alpha value is -4.32. The zero-order valence-electron chi connectivity index (χ0n) is 17.3. The number of hydrogen-bond acceptors (Lipinski definition) is 4. The summed E-state index contributed by atoms with van der Waals surface area (Å²) >= 11 is 0. The van der Waals surface area contributed by atoms with Crippen molar-refractivity contribution in [3.8, 4) is 0 Å². The average molecular weight is 422 g/mol. The zero-order chi connectivity index (χ0) is 22.2. The molecule has 2 amide bonds. The van der Waals surface area contributed by atoms with Crippen LogP contribution in [0.5, 0.6) is 0 Å². The van der Waals surface area contributed by atoms with E-state index < -0.39 is 6.04 Å². The number of hydrogen-bond donors (Lipinski definition) is 1. The van der Waals surface area contributed by atoms with E-state index in [2.05, 4.69) is 15.3 Å². The van der Waals surface area contributed by atoms with Crippen molar-refractivity contribution >= 4 is 17.5 Å². The molecule has 0 saturated heterocycles. The number of aromatic nitrogens is 2. The van der Waals surface area contributed by atoms with Crippen LogP contribution in [0.3, 0.4) is 0 Å². The van der Waals surface area contributed by atoms with Crippen molar-refractivity contribution in [1.29, 1.82) is 0 Å². The Morgan fingerprint density at radius 1 is 0.781 bits per heavy atom. The van der Waals surface area contributed by atoms with Crippen LogP contribution in [0.2, 0.25) is 0 Å². The van der Waals surface area contributed by atoms with Gasteiger partial charge < -0.3 is 5.32 Å². The van der Waals surface area contributed by atoms with Gasteiger partial charge in [-0.2, -0.15) is 0 Å². The maximum atomic E-state index is 13.6. The predicted octanol–water partition coefficient (Wildman–Crippen LogP) is 4.18. The average Bonchev–Trinajstić information content (AvgIpc) is 2.87. The van der Waals surface area contributed by atoms with Gasteiger partial charge in [0.2, 0.25) is 5.91 Å². The molecule has 1 N–H and O–H groups in total. The third-order valence-electron chi connectivity index (χ3n) is 4.98. The third kappa shape index (κ3) is 4.87. The van der Waals surface area contributed by atoms with Crippen LogP contribution >= 0.6 is 0 Å². The molecule has 6 nitrogen and oxygen atoms in total. The lowest BCUT2D eigenvalue weighted by atomic mass is 10.0. The van der Waals surface area contributed by atoms with Gasteiger partial charge in [-0.25, -0.2) is 0 Å². The van der Waals surface area contributed by atoms with E-state index in [-0.39, 0.29) is 17.5 Å². The normalized spacial score (nSPS) is 11.4. The molecular formula is C26H22N4O2. The fourth-order valence-corrected chi connectivity index (χ4v) is 3.43. The highest BCUT2D eigenvalue weighted by atomic mass is 16.2. The first-order valence-corrected chi connectivity index (χ1v) is 10.3. The summed E-state index contributed by atoms with van der Waals surface area (Å²) in [6, 6.07) is 26.5. The molecule has 0 fully saturated rings. The number of amides is 2. The van der Waals surface area contributed by atoms with Gasteiger partial charge in [0.1, 0.15) is 11.7 Å². The minimum atomic E-state index is -0.904. The second kappa shape index (κ2) is 10.1. The quantitative estimate of drug-likeness (QED) is 0.485. The molecular weight excluding hydrogens is 400 g/mol. The standard InChI is InChI=1S/C26H22N4O2/c31-25(29-19-20-9-3-1-4-10-20)24(21-14-17-27-18-15-21)30(22-11-5-2-6-12-22)26(32)23-13-7-8-16-28-23/h1-18,24H,19H2,(H,29,31)/t24-/m1/s1. The Kier molecular flexibility index (Phi) is 6.63. The smallest absolute Gasteiger partial charge is 0.277 e. The fourth-order valence-electron chi connectivity index (χ4n) is 3.43. The van der Waals surface area contributed by atoms with E-state index in [0.717, 1.165) is 5.56 Å². The summed E-state index contributed by atoms with van der Waals surface area (Å²) in [5.74, 6) is -0.665. The fraction of sp³-hybridized carbons (Fsp3) is 0.0769. The molecule has 4 rings (SSSR count). The van der Waals surface area contributed by atoms with E-state index >= 15 is 0 Å². The van der Waals surface area contributed by atoms with E-state index in [0.29, 0.717) is 17.8 Å². The third-order valence-corrected chi connectivity index (χ3v) is 4.98. The van der Waals surface area contributed by atoms with Gasteiger partial charge in [0.25, 0.3) is 5.91 Å². The number of benzene rings is 2. The van der Waals surface area contributed by atoms with Crippen molar-refractivity contribution in [2.75, 3.05) is 4.90 Å². The van der Waals surface area contributed by atoms with Crippen molar-refractivity contribution in [3.05, 3.63) is 126 Å². The van der Waals surface area contributed by atoms with Crippen molar-refractivity contribution in [1.82, 2.24) is 15.3 Å². The zero-order valence-corrected chi connectivity index (χ0v) is 17.3. The highest BCUT2D eigenvalue weighted by Gasteiger charge is 2.33. The van der Waals surface area contributed by atoms with Crippen LogP contribution in [0.15, 0.2) is 110 Å². The summed E-state index contributed by atoms with van der Waals surface area (Å²) in [5.41, 5.74) is 2.47. The molecule has 2 aromatic carbocycles. The number of nitrogens with one attached hydrogen (secondary N) is 1. The van der Waals surface area contributed by atoms with E-state index in [1.807, 2.05) is 48.5 Å². The van der Waals surface area contributed by atoms with Crippen molar-refractivity contribution in [3.63, 3.8) is 0 Å². The van der Waals surface area contributed by atoms with Gasteiger partial charge in [-0.1, -0.05) is 54.6 Å². The van der Waals surface area contributed by atoms with Gasteiger partial charge >= 0.3 is 0 Å².